The lowest BCUT2D eigenvalue weighted by Crippen LogP contribution is -2.13. The topological polar surface area (TPSA) is 21.1 Å². The number of halogens is 2. The summed E-state index contributed by atoms with van der Waals surface area (Å²) in [6, 6.07) is 3.62. The molecule has 0 bridgehead atoms. The highest BCUT2D eigenvalue weighted by Gasteiger charge is 2.11. The zero-order valence-electron chi connectivity index (χ0n) is 8.75. The number of anilines is 1. The van der Waals surface area contributed by atoms with Gasteiger partial charge in [0.05, 0.1) is 21.1 Å². The van der Waals surface area contributed by atoms with Gasteiger partial charge in [0.25, 0.3) is 0 Å². The predicted molar refractivity (Wildman–Crippen MR) is 65.1 cm³/mol. The molecule has 80 valence electrons. The summed E-state index contributed by atoms with van der Waals surface area (Å²) >= 11 is 11.9. The molecule has 0 N–H and O–H groups in total. The van der Waals surface area contributed by atoms with E-state index in [1.54, 1.807) is 6.07 Å². The minimum atomic E-state index is 0.535. The Hall–Kier alpha value is -0.930. The fourth-order valence-corrected chi connectivity index (χ4v) is 1.89. The van der Waals surface area contributed by atoms with Gasteiger partial charge < -0.3 is 9.47 Å². The molecule has 0 saturated heterocycles. The molecule has 2 rings (SSSR count). The van der Waals surface area contributed by atoms with Crippen molar-refractivity contribution in [2.75, 3.05) is 19.0 Å². The first kappa shape index (κ1) is 10.6. The maximum atomic E-state index is 5.96. The monoisotopic (exact) mass is 243 g/mol. The van der Waals surface area contributed by atoms with E-state index < -0.39 is 0 Å². The summed E-state index contributed by atoms with van der Waals surface area (Å²) in [6.07, 6.45) is 0. The van der Waals surface area contributed by atoms with Crippen molar-refractivity contribution in [1.82, 2.24) is 9.55 Å². The van der Waals surface area contributed by atoms with Crippen molar-refractivity contribution < 1.29 is 0 Å². The Morgan fingerprint density at radius 3 is 2.40 bits per heavy atom. The lowest BCUT2D eigenvalue weighted by atomic mass is 10.3. The van der Waals surface area contributed by atoms with Crippen molar-refractivity contribution in [2.45, 2.75) is 0 Å². The third-order valence-corrected chi connectivity index (χ3v) is 3.02. The normalized spacial score (nSPS) is 11.0. The quantitative estimate of drug-likeness (QED) is 0.768. The molecule has 0 amide bonds. The summed E-state index contributed by atoms with van der Waals surface area (Å²) in [5.41, 5.74) is 1.84. The molecule has 0 atom stereocenters. The van der Waals surface area contributed by atoms with E-state index in [2.05, 4.69) is 4.98 Å². The number of fused-ring (bicyclic) bond motifs is 1. The smallest absolute Gasteiger partial charge is 0.205 e. The number of aromatic nitrogens is 2. The third kappa shape index (κ3) is 1.66. The van der Waals surface area contributed by atoms with E-state index in [-0.39, 0.29) is 0 Å². The van der Waals surface area contributed by atoms with Gasteiger partial charge in [-0.3, -0.25) is 0 Å². The third-order valence-electron chi connectivity index (χ3n) is 2.30. The fourth-order valence-electron chi connectivity index (χ4n) is 1.57. The van der Waals surface area contributed by atoms with Gasteiger partial charge in [0.2, 0.25) is 5.95 Å². The molecule has 5 heteroatoms. The standard InChI is InChI=1S/C10H11Cl2N3/c1-14(2)10-13-8-4-6(11)7(12)5-9(8)15(10)3/h4-5H,1-3H3. The molecule has 1 aromatic carbocycles. The second-order valence-electron chi connectivity index (χ2n) is 3.62. The van der Waals surface area contributed by atoms with Gasteiger partial charge in [-0.15, -0.1) is 0 Å². The summed E-state index contributed by atoms with van der Waals surface area (Å²) in [5.74, 6) is 0.878. The molecule has 0 saturated carbocycles. The van der Waals surface area contributed by atoms with Gasteiger partial charge in [0, 0.05) is 21.1 Å². The number of rotatable bonds is 1. The highest BCUT2D eigenvalue weighted by Crippen LogP contribution is 2.29. The molecule has 0 aliphatic rings. The number of nitrogens with zero attached hydrogens (tertiary/aromatic N) is 3. The number of aryl methyl sites for hydroxylation is 1. The van der Waals surface area contributed by atoms with Crippen LogP contribution in [-0.4, -0.2) is 23.6 Å². The van der Waals surface area contributed by atoms with E-state index in [1.165, 1.54) is 0 Å². The van der Waals surface area contributed by atoms with Crippen molar-refractivity contribution in [3.63, 3.8) is 0 Å². The molecule has 2 aromatic rings. The molecule has 1 aromatic heterocycles. The molecule has 1 heterocycles. The van der Waals surface area contributed by atoms with Crippen LogP contribution in [0.3, 0.4) is 0 Å². The zero-order chi connectivity index (χ0) is 11.2. The average molecular weight is 244 g/mol. The maximum Gasteiger partial charge on any atom is 0.205 e. The SMILES string of the molecule is CN(C)c1nc2cc(Cl)c(Cl)cc2n1C. The second-order valence-corrected chi connectivity index (χ2v) is 4.43. The lowest BCUT2D eigenvalue weighted by Gasteiger charge is -2.10. The fraction of sp³-hybridized carbons (Fsp3) is 0.300. The maximum absolute atomic E-state index is 5.96. The zero-order valence-corrected chi connectivity index (χ0v) is 10.3. The Morgan fingerprint density at radius 1 is 1.20 bits per heavy atom. The Balaban J connectivity index is 2.77. The molecule has 0 unspecified atom stereocenters. The first-order chi connectivity index (χ1) is 7.00. The summed E-state index contributed by atoms with van der Waals surface area (Å²) in [6.45, 7) is 0. The summed E-state index contributed by atoms with van der Waals surface area (Å²) < 4.78 is 1.98. The van der Waals surface area contributed by atoms with Crippen molar-refractivity contribution >= 4 is 40.2 Å². The van der Waals surface area contributed by atoms with Gasteiger partial charge in [-0.25, -0.2) is 4.98 Å². The van der Waals surface area contributed by atoms with Crippen LogP contribution in [0.5, 0.6) is 0 Å². The molecule has 0 spiro atoms. The van der Waals surface area contributed by atoms with Gasteiger partial charge in [-0.1, -0.05) is 23.2 Å². The highest BCUT2D eigenvalue weighted by molar-refractivity contribution is 6.42. The van der Waals surface area contributed by atoms with Crippen LogP contribution < -0.4 is 4.90 Å². The Morgan fingerprint density at radius 2 is 1.80 bits per heavy atom. The molecular weight excluding hydrogens is 233 g/mol. The van der Waals surface area contributed by atoms with E-state index in [4.69, 9.17) is 23.2 Å². The van der Waals surface area contributed by atoms with E-state index in [9.17, 15) is 0 Å². The minimum Gasteiger partial charge on any atom is -0.348 e. The van der Waals surface area contributed by atoms with Crippen LogP contribution in [0.25, 0.3) is 11.0 Å². The van der Waals surface area contributed by atoms with Gasteiger partial charge in [-0.2, -0.15) is 0 Å². The largest absolute Gasteiger partial charge is 0.348 e. The summed E-state index contributed by atoms with van der Waals surface area (Å²) in [4.78, 5) is 6.41. The van der Waals surface area contributed by atoms with Crippen LogP contribution in [0, 0.1) is 0 Å². The Bertz CT molecular complexity index is 517. The van der Waals surface area contributed by atoms with Gasteiger partial charge >= 0.3 is 0 Å². The minimum absolute atomic E-state index is 0.535. The van der Waals surface area contributed by atoms with Crippen LogP contribution in [0.4, 0.5) is 5.95 Å². The Kier molecular flexibility index (Phi) is 2.52. The van der Waals surface area contributed by atoms with Crippen molar-refractivity contribution in [3.05, 3.63) is 22.2 Å². The van der Waals surface area contributed by atoms with Gasteiger partial charge in [0.15, 0.2) is 0 Å². The van der Waals surface area contributed by atoms with Gasteiger partial charge in [-0.05, 0) is 12.1 Å². The summed E-state index contributed by atoms with van der Waals surface area (Å²) in [7, 11) is 5.85. The van der Waals surface area contributed by atoms with Crippen LogP contribution in [-0.2, 0) is 7.05 Å². The number of hydrogen-bond donors (Lipinski definition) is 0. The molecule has 3 nitrogen and oxygen atoms in total. The first-order valence-corrected chi connectivity index (χ1v) is 5.25. The number of benzene rings is 1. The van der Waals surface area contributed by atoms with Gasteiger partial charge in [0.1, 0.15) is 0 Å². The second kappa shape index (κ2) is 3.58. The predicted octanol–water partition coefficient (Wildman–Crippen LogP) is 2.95. The number of hydrogen-bond acceptors (Lipinski definition) is 2. The lowest BCUT2D eigenvalue weighted by molar-refractivity contribution is 0.890. The van der Waals surface area contributed by atoms with Crippen LogP contribution in [0.2, 0.25) is 10.0 Å². The van der Waals surface area contributed by atoms with Crippen LogP contribution in [0.1, 0.15) is 0 Å². The molecule has 15 heavy (non-hydrogen) atoms. The molecule has 0 aliphatic carbocycles. The highest BCUT2D eigenvalue weighted by atomic mass is 35.5. The van der Waals surface area contributed by atoms with Crippen LogP contribution >= 0.6 is 23.2 Å². The average Bonchev–Trinajstić information content (AvgIpc) is 2.46. The molecule has 0 radical (unpaired) electrons. The summed E-state index contributed by atoms with van der Waals surface area (Å²) in [5, 5.41) is 1.09. The van der Waals surface area contributed by atoms with Crippen molar-refractivity contribution in [1.29, 1.82) is 0 Å². The van der Waals surface area contributed by atoms with E-state index in [0.717, 1.165) is 17.0 Å². The Labute approximate surface area is 98.2 Å². The van der Waals surface area contributed by atoms with Crippen molar-refractivity contribution in [3.8, 4) is 0 Å². The van der Waals surface area contributed by atoms with Crippen LogP contribution in [0.15, 0.2) is 12.1 Å². The van der Waals surface area contributed by atoms with E-state index in [0.29, 0.717) is 10.0 Å². The number of imidazole rings is 1. The molecular formula is C10H11Cl2N3. The van der Waals surface area contributed by atoms with E-state index in [1.807, 2.05) is 36.7 Å². The first-order valence-electron chi connectivity index (χ1n) is 4.49. The molecule has 0 fully saturated rings. The molecule has 0 aliphatic heterocycles. The van der Waals surface area contributed by atoms with E-state index >= 15 is 0 Å². The van der Waals surface area contributed by atoms with Crippen molar-refractivity contribution in [2.24, 2.45) is 7.05 Å².